The average Bonchev–Trinajstić information content (AvgIpc) is 3.72. The lowest BCUT2D eigenvalue weighted by Gasteiger charge is -2.35. The third-order valence-corrected chi connectivity index (χ3v) is 8.19. The molecule has 2 amide bonds. The summed E-state index contributed by atoms with van der Waals surface area (Å²) in [7, 11) is 2.65. The summed E-state index contributed by atoms with van der Waals surface area (Å²) in [6, 6.07) is 18.8. The van der Waals surface area contributed by atoms with Gasteiger partial charge in [0.2, 0.25) is 0 Å². The van der Waals surface area contributed by atoms with Crippen molar-refractivity contribution in [3.63, 3.8) is 0 Å². The molecule has 2 fully saturated rings. The Morgan fingerprint density at radius 2 is 1.22 bits per heavy atom. The molecule has 0 aromatic heterocycles. The van der Waals surface area contributed by atoms with Crippen molar-refractivity contribution in [1.29, 1.82) is 0 Å². The number of carbonyl (C=O) groups is 4. The Bertz CT molecular complexity index is 1270. The first-order valence-corrected chi connectivity index (χ1v) is 15.1. The Morgan fingerprint density at radius 1 is 0.778 bits per heavy atom. The lowest BCUT2D eigenvalue weighted by atomic mass is 9.90. The van der Waals surface area contributed by atoms with Gasteiger partial charge in [0.15, 0.2) is 0 Å². The third-order valence-electron chi connectivity index (χ3n) is 8.19. The molecule has 2 atom stereocenters. The highest BCUT2D eigenvalue weighted by Gasteiger charge is 2.51. The maximum absolute atomic E-state index is 12.5. The van der Waals surface area contributed by atoms with Crippen LogP contribution in [-0.4, -0.2) is 84.0 Å². The van der Waals surface area contributed by atoms with Gasteiger partial charge in [0.05, 0.1) is 14.2 Å². The van der Waals surface area contributed by atoms with Crippen molar-refractivity contribution in [3.05, 3.63) is 84.4 Å². The molecule has 0 saturated carbocycles. The van der Waals surface area contributed by atoms with Crippen molar-refractivity contribution in [3.8, 4) is 0 Å². The fourth-order valence-corrected chi connectivity index (χ4v) is 5.96. The Hall–Kier alpha value is -4.38. The number of esters is 2. The van der Waals surface area contributed by atoms with Crippen LogP contribution in [0.25, 0.3) is 0 Å². The summed E-state index contributed by atoms with van der Waals surface area (Å²) in [4.78, 5) is 52.2. The maximum atomic E-state index is 12.5. The molecule has 11 heteroatoms. The molecule has 0 aliphatic carbocycles. The highest BCUT2D eigenvalue weighted by molar-refractivity contribution is 5.87. The van der Waals surface area contributed by atoms with Gasteiger partial charge in [-0.2, -0.15) is 0 Å². The first-order chi connectivity index (χ1) is 21.8. The molecular formula is C34H44N2O9. The van der Waals surface area contributed by atoms with Gasteiger partial charge in [0, 0.05) is 19.7 Å². The molecule has 11 nitrogen and oxygen atoms in total. The molecule has 2 aromatic carbocycles. The van der Waals surface area contributed by atoms with E-state index in [2.05, 4.69) is 6.58 Å². The van der Waals surface area contributed by atoms with Crippen molar-refractivity contribution in [2.45, 2.75) is 69.2 Å². The Labute approximate surface area is 264 Å². The van der Waals surface area contributed by atoms with E-state index in [1.54, 1.807) is 6.08 Å². The van der Waals surface area contributed by atoms with E-state index in [0.29, 0.717) is 51.6 Å². The van der Waals surface area contributed by atoms with Crippen LogP contribution >= 0.6 is 0 Å². The van der Waals surface area contributed by atoms with Crippen LogP contribution in [0, 0.1) is 0 Å². The second-order valence-corrected chi connectivity index (χ2v) is 11.0. The summed E-state index contributed by atoms with van der Waals surface area (Å²) in [5.41, 5.74) is -0.211. The number of carbonyl (C=O) groups excluding carboxylic acids is 4. The molecule has 2 aliphatic heterocycles. The van der Waals surface area contributed by atoms with Gasteiger partial charge in [-0.15, -0.1) is 6.58 Å². The molecule has 2 unspecified atom stereocenters. The molecule has 0 spiro atoms. The van der Waals surface area contributed by atoms with Crippen LogP contribution in [0.2, 0.25) is 0 Å². The number of likely N-dealkylation sites (tertiary alicyclic amines) is 2. The molecule has 1 N–H and O–H groups in total. The van der Waals surface area contributed by atoms with Crippen LogP contribution in [0.5, 0.6) is 0 Å². The van der Waals surface area contributed by atoms with Gasteiger partial charge < -0.3 is 24.1 Å². The van der Waals surface area contributed by atoms with Crippen LogP contribution in [0.3, 0.4) is 0 Å². The zero-order valence-corrected chi connectivity index (χ0v) is 26.2. The SMILES string of the molecule is C=CCC1(C(=O)OC)CCCN1C(=O)OCc1ccccc1.COC(=O)C1(CCCO)CCCN1C(=O)OCc1ccccc1. The number of methoxy groups -OCH3 is 2. The van der Waals surface area contributed by atoms with Gasteiger partial charge in [-0.05, 0) is 56.1 Å². The summed E-state index contributed by atoms with van der Waals surface area (Å²) in [6.07, 6.45) is 4.33. The predicted molar refractivity (Wildman–Crippen MR) is 166 cm³/mol. The first kappa shape index (κ1) is 35.1. The molecule has 4 rings (SSSR count). The Balaban J connectivity index is 0.000000246. The van der Waals surface area contributed by atoms with Crippen molar-refractivity contribution >= 4 is 24.1 Å². The number of amides is 2. The average molecular weight is 625 g/mol. The third kappa shape index (κ3) is 8.63. The fourth-order valence-electron chi connectivity index (χ4n) is 5.96. The maximum Gasteiger partial charge on any atom is 0.411 e. The second-order valence-electron chi connectivity index (χ2n) is 11.0. The number of hydrogen-bond donors (Lipinski definition) is 1. The van der Waals surface area contributed by atoms with Crippen LogP contribution in [0.1, 0.15) is 56.1 Å². The lowest BCUT2D eigenvalue weighted by molar-refractivity contribution is -0.153. The predicted octanol–water partition coefficient (Wildman–Crippen LogP) is 5.01. The molecule has 2 aromatic rings. The Morgan fingerprint density at radius 3 is 1.67 bits per heavy atom. The van der Waals surface area contributed by atoms with Crippen molar-refractivity contribution in [2.24, 2.45) is 0 Å². The zero-order chi connectivity index (χ0) is 32.7. The number of aliphatic hydroxyl groups excluding tert-OH is 1. The summed E-state index contributed by atoms with van der Waals surface area (Å²) >= 11 is 0. The summed E-state index contributed by atoms with van der Waals surface area (Å²) in [5.74, 6) is -0.860. The van der Waals surface area contributed by atoms with Gasteiger partial charge in [-0.25, -0.2) is 19.2 Å². The summed E-state index contributed by atoms with van der Waals surface area (Å²) < 4.78 is 20.5. The molecule has 0 radical (unpaired) electrons. The highest BCUT2D eigenvalue weighted by atomic mass is 16.6. The van der Waals surface area contributed by atoms with E-state index in [-0.39, 0.29) is 19.8 Å². The number of rotatable bonds is 11. The van der Waals surface area contributed by atoms with Crippen LogP contribution < -0.4 is 0 Å². The number of benzene rings is 2. The van der Waals surface area contributed by atoms with Gasteiger partial charge in [-0.3, -0.25) is 9.80 Å². The van der Waals surface area contributed by atoms with Crippen LogP contribution in [-0.2, 0) is 41.8 Å². The van der Waals surface area contributed by atoms with Gasteiger partial charge in [-0.1, -0.05) is 66.7 Å². The fraction of sp³-hybridized carbons (Fsp3) is 0.471. The first-order valence-electron chi connectivity index (χ1n) is 15.1. The molecule has 244 valence electrons. The molecule has 2 saturated heterocycles. The van der Waals surface area contributed by atoms with Crippen molar-refractivity contribution in [1.82, 2.24) is 9.80 Å². The van der Waals surface area contributed by atoms with E-state index in [9.17, 15) is 19.2 Å². The number of ether oxygens (including phenoxy) is 4. The van der Waals surface area contributed by atoms with Gasteiger partial charge in [0.1, 0.15) is 24.3 Å². The largest absolute Gasteiger partial charge is 0.467 e. The summed E-state index contributed by atoms with van der Waals surface area (Å²) in [5, 5.41) is 9.09. The monoisotopic (exact) mass is 624 g/mol. The quantitative estimate of drug-likeness (QED) is 0.208. The smallest absolute Gasteiger partial charge is 0.411 e. The van der Waals surface area contributed by atoms with Gasteiger partial charge >= 0.3 is 24.1 Å². The van der Waals surface area contributed by atoms with E-state index in [4.69, 9.17) is 24.1 Å². The molecule has 0 bridgehead atoms. The van der Waals surface area contributed by atoms with Crippen molar-refractivity contribution < 1.29 is 43.2 Å². The second kappa shape index (κ2) is 17.2. The standard InChI is InChI=1S/C17H23NO5.C17H21NO4/c1-22-15(20)17(10-6-12-19)9-5-11-18(17)16(21)23-13-14-7-3-2-4-8-14;1-3-10-17(15(19)21-2)11-7-12-18(17)16(20)22-13-14-8-5-4-6-9-14/h2-4,7-8,19H,5-6,9-13H2,1H3;3-6,8-9H,1,7,10-13H2,2H3. The number of aliphatic hydroxyl groups is 1. The summed E-state index contributed by atoms with van der Waals surface area (Å²) in [6.45, 7) is 4.93. The Kier molecular flexibility index (Phi) is 13.4. The van der Waals surface area contributed by atoms with E-state index in [1.807, 2.05) is 60.7 Å². The zero-order valence-electron chi connectivity index (χ0n) is 26.2. The topological polar surface area (TPSA) is 132 Å². The van der Waals surface area contributed by atoms with E-state index >= 15 is 0 Å². The molecule has 45 heavy (non-hydrogen) atoms. The normalized spacial score (nSPS) is 20.4. The van der Waals surface area contributed by atoms with E-state index < -0.39 is 35.2 Å². The number of hydrogen-bond acceptors (Lipinski definition) is 9. The minimum atomic E-state index is -1.02. The highest BCUT2D eigenvalue weighted by Crippen LogP contribution is 2.36. The van der Waals surface area contributed by atoms with E-state index in [1.165, 1.54) is 24.0 Å². The van der Waals surface area contributed by atoms with Crippen LogP contribution in [0.15, 0.2) is 73.3 Å². The lowest BCUT2D eigenvalue weighted by Crippen LogP contribution is -2.53. The van der Waals surface area contributed by atoms with E-state index in [0.717, 1.165) is 17.5 Å². The minimum Gasteiger partial charge on any atom is -0.467 e. The van der Waals surface area contributed by atoms with Crippen molar-refractivity contribution in [2.75, 3.05) is 33.9 Å². The van der Waals surface area contributed by atoms with Gasteiger partial charge in [0.25, 0.3) is 0 Å². The number of nitrogens with zero attached hydrogens (tertiary/aromatic N) is 2. The van der Waals surface area contributed by atoms with Crippen LogP contribution in [0.4, 0.5) is 9.59 Å². The molecule has 2 aliphatic rings. The molecular weight excluding hydrogens is 580 g/mol. The minimum absolute atomic E-state index is 0.0361. The molecule has 2 heterocycles.